The summed E-state index contributed by atoms with van der Waals surface area (Å²) in [6.45, 7) is 4.93. The molecule has 1 aliphatic heterocycles. The second-order valence-electron chi connectivity index (χ2n) is 5.06. The number of morpholine rings is 1. The summed E-state index contributed by atoms with van der Waals surface area (Å²) in [4.78, 5) is 0. The molecule has 1 spiro atoms. The molecule has 3 nitrogen and oxygen atoms in total. The van der Waals surface area contributed by atoms with E-state index in [0.717, 1.165) is 25.7 Å². The van der Waals surface area contributed by atoms with E-state index in [1.807, 2.05) is 0 Å². The summed E-state index contributed by atoms with van der Waals surface area (Å²) in [5.41, 5.74) is 0.0702. The van der Waals surface area contributed by atoms with Crippen LogP contribution in [-0.2, 0) is 9.47 Å². The number of rotatable bonds is 2. The van der Waals surface area contributed by atoms with Gasteiger partial charge >= 0.3 is 0 Å². The summed E-state index contributed by atoms with van der Waals surface area (Å²) >= 11 is 0. The molecule has 1 N–H and O–H groups in total. The van der Waals surface area contributed by atoms with Crippen molar-refractivity contribution in [2.45, 2.75) is 44.2 Å². The summed E-state index contributed by atoms with van der Waals surface area (Å²) in [6, 6.07) is 0.392. The summed E-state index contributed by atoms with van der Waals surface area (Å²) in [5, 5.41) is 3.55. The molecule has 0 aromatic rings. The van der Waals surface area contributed by atoms with Crippen molar-refractivity contribution >= 4 is 0 Å². The quantitative estimate of drug-likeness (QED) is 0.755. The molecule has 1 heterocycles. The fourth-order valence-electron chi connectivity index (χ4n) is 2.90. The average molecular weight is 213 g/mol. The standard InChI is InChI=1S/C12H23NO2/c1-10-3-5-12(6-4-10)11(9-14-2)13-7-8-15-12/h10-11,13H,3-9H2,1-2H3. The third kappa shape index (κ3) is 2.35. The largest absolute Gasteiger partial charge is 0.383 e. The minimum absolute atomic E-state index is 0.0702. The Morgan fingerprint density at radius 2 is 2.13 bits per heavy atom. The zero-order valence-electron chi connectivity index (χ0n) is 9.92. The third-order valence-electron chi connectivity index (χ3n) is 3.97. The molecule has 0 amide bonds. The highest BCUT2D eigenvalue weighted by Crippen LogP contribution is 2.38. The molecule has 1 saturated carbocycles. The Labute approximate surface area is 92.5 Å². The Bertz CT molecular complexity index is 198. The van der Waals surface area contributed by atoms with Crippen molar-refractivity contribution in [2.24, 2.45) is 5.92 Å². The number of nitrogens with one attached hydrogen (secondary N) is 1. The lowest BCUT2D eigenvalue weighted by molar-refractivity contribution is -0.134. The molecule has 0 bridgehead atoms. The molecule has 1 unspecified atom stereocenters. The maximum Gasteiger partial charge on any atom is 0.0858 e. The van der Waals surface area contributed by atoms with Gasteiger partial charge in [-0.25, -0.2) is 0 Å². The molecule has 0 aromatic carbocycles. The van der Waals surface area contributed by atoms with E-state index in [4.69, 9.17) is 9.47 Å². The van der Waals surface area contributed by atoms with E-state index in [-0.39, 0.29) is 5.60 Å². The lowest BCUT2D eigenvalue weighted by Gasteiger charge is -2.47. The highest BCUT2D eigenvalue weighted by Gasteiger charge is 2.43. The maximum absolute atomic E-state index is 6.08. The van der Waals surface area contributed by atoms with Crippen molar-refractivity contribution in [3.05, 3.63) is 0 Å². The molecule has 1 saturated heterocycles. The molecular formula is C12H23NO2. The topological polar surface area (TPSA) is 30.5 Å². The van der Waals surface area contributed by atoms with E-state index in [0.29, 0.717) is 6.04 Å². The highest BCUT2D eigenvalue weighted by molar-refractivity contribution is 4.98. The highest BCUT2D eigenvalue weighted by atomic mass is 16.5. The normalized spacial score (nSPS) is 42.0. The van der Waals surface area contributed by atoms with Gasteiger partial charge in [-0.3, -0.25) is 0 Å². The lowest BCUT2D eigenvalue weighted by atomic mass is 9.75. The van der Waals surface area contributed by atoms with Gasteiger partial charge in [-0.05, 0) is 31.6 Å². The van der Waals surface area contributed by atoms with Crippen molar-refractivity contribution in [3.8, 4) is 0 Å². The van der Waals surface area contributed by atoms with E-state index in [1.165, 1.54) is 25.7 Å². The minimum Gasteiger partial charge on any atom is -0.383 e. The Morgan fingerprint density at radius 3 is 2.80 bits per heavy atom. The molecule has 2 rings (SSSR count). The monoisotopic (exact) mass is 213 g/mol. The molecule has 1 atom stereocenters. The van der Waals surface area contributed by atoms with Gasteiger partial charge in [0.15, 0.2) is 0 Å². The molecule has 0 radical (unpaired) electrons. The second-order valence-corrected chi connectivity index (χ2v) is 5.06. The van der Waals surface area contributed by atoms with Crippen LogP contribution in [0.2, 0.25) is 0 Å². The van der Waals surface area contributed by atoms with Crippen LogP contribution in [0.5, 0.6) is 0 Å². The molecule has 15 heavy (non-hydrogen) atoms. The van der Waals surface area contributed by atoms with Crippen LogP contribution >= 0.6 is 0 Å². The van der Waals surface area contributed by atoms with Gasteiger partial charge in [-0.15, -0.1) is 0 Å². The van der Waals surface area contributed by atoms with Gasteiger partial charge in [0.2, 0.25) is 0 Å². The first kappa shape index (κ1) is 11.4. The summed E-state index contributed by atoms with van der Waals surface area (Å²) in [5.74, 6) is 0.865. The van der Waals surface area contributed by atoms with Gasteiger partial charge in [0, 0.05) is 13.7 Å². The van der Waals surface area contributed by atoms with Crippen LogP contribution in [0.1, 0.15) is 32.6 Å². The van der Waals surface area contributed by atoms with Gasteiger partial charge in [-0.1, -0.05) is 6.92 Å². The summed E-state index contributed by atoms with van der Waals surface area (Å²) < 4.78 is 11.4. The van der Waals surface area contributed by atoms with Crippen molar-refractivity contribution in [1.29, 1.82) is 0 Å². The van der Waals surface area contributed by atoms with E-state index >= 15 is 0 Å². The van der Waals surface area contributed by atoms with E-state index < -0.39 is 0 Å². The molecular weight excluding hydrogens is 190 g/mol. The number of hydrogen-bond donors (Lipinski definition) is 1. The predicted molar refractivity (Wildman–Crippen MR) is 60.0 cm³/mol. The molecule has 1 aliphatic carbocycles. The first-order chi connectivity index (χ1) is 7.27. The fraction of sp³-hybridized carbons (Fsp3) is 1.00. The van der Waals surface area contributed by atoms with Crippen molar-refractivity contribution in [1.82, 2.24) is 5.32 Å². The number of hydrogen-bond acceptors (Lipinski definition) is 3. The third-order valence-corrected chi connectivity index (χ3v) is 3.97. The molecule has 2 aliphatic rings. The average Bonchev–Trinajstić information content (AvgIpc) is 2.26. The summed E-state index contributed by atoms with van der Waals surface area (Å²) in [7, 11) is 1.77. The molecule has 88 valence electrons. The fourth-order valence-corrected chi connectivity index (χ4v) is 2.90. The van der Waals surface area contributed by atoms with Gasteiger partial charge in [0.1, 0.15) is 0 Å². The van der Waals surface area contributed by atoms with Crippen LogP contribution in [0.25, 0.3) is 0 Å². The van der Waals surface area contributed by atoms with E-state index in [1.54, 1.807) is 7.11 Å². The van der Waals surface area contributed by atoms with Crippen molar-refractivity contribution < 1.29 is 9.47 Å². The first-order valence-electron chi connectivity index (χ1n) is 6.13. The van der Waals surface area contributed by atoms with Crippen LogP contribution in [-0.4, -0.2) is 38.5 Å². The van der Waals surface area contributed by atoms with Crippen LogP contribution < -0.4 is 5.32 Å². The maximum atomic E-state index is 6.08. The Kier molecular flexibility index (Phi) is 3.65. The molecule has 3 heteroatoms. The smallest absolute Gasteiger partial charge is 0.0858 e. The van der Waals surface area contributed by atoms with Crippen LogP contribution in [0.3, 0.4) is 0 Å². The summed E-state index contributed by atoms with van der Waals surface area (Å²) in [6.07, 6.45) is 4.97. The van der Waals surface area contributed by atoms with Crippen molar-refractivity contribution in [2.75, 3.05) is 26.9 Å². The van der Waals surface area contributed by atoms with E-state index in [9.17, 15) is 0 Å². The Balaban J connectivity index is 2.01. The van der Waals surface area contributed by atoms with Gasteiger partial charge < -0.3 is 14.8 Å². The van der Waals surface area contributed by atoms with Gasteiger partial charge in [0.25, 0.3) is 0 Å². The number of methoxy groups -OCH3 is 1. The zero-order valence-corrected chi connectivity index (χ0v) is 9.92. The van der Waals surface area contributed by atoms with Gasteiger partial charge in [0.05, 0.1) is 24.9 Å². The van der Waals surface area contributed by atoms with Crippen LogP contribution in [0.15, 0.2) is 0 Å². The van der Waals surface area contributed by atoms with Crippen molar-refractivity contribution in [3.63, 3.8) is 0 Å². The Morgan fingerprint density at radius 1 is 1.40 bits per heavy atom. The van der Waals surface area contributed by atoms with Crippen LogP contribution in [0, 0.1) is 5.92 Å². The SMILES string of the molecule is COCC1NCCOC12CCC(C)CC2. The first-order valence-corrected chi connectivity index (χ1v) is 6.13. The zero-order chi connectivity index (χ0) is 10.7. The Hall–Kier alpha value is -0.120. The van der Waals surface area contributed by atoms with E-state index in [2.05, 4.69) is 12.2 Å². The van der Waals surface area contributed by atoms with Crippen LogP contribution in [0.4, 0.5) is 0 Å². The lowest BCUT2D eigenvalue weighted by Crippen LogP contribution is -2.61. The number of ether oxygens (including phenoxy) is 2. The molecule has 0 aromatic heterocycles. The second kappa shape index (κ2) is 4.81. The molecule has 2 fully saturated rings. The van der Waals surface area contributed by atoms with Gasteiger partial charge in [-0.2, -0.15) is 0 Å². The minimum atomic E-state index is 0.0702. The predicted octanol–water partition coefficient (Wildman–Crippen LogP) is 1.57.